The summed E-state index contributed by atoms with van der Waals surface area (Å²) in [5.41, 5.74) is 1.78. The van der Waals surface area contributed by atoms with Gasteiger partial charge in [0.2, 0.25) is 0 Å². The Hall–Kier alpha value is -3.08. The molecule has 2 aromatic carbocycles. The summed E-state index contributed by atoms with van der Waals surface area (Å²) in [7, 11) is 0. The number of para-hydroxylation sites is 1. The van der Waals surface area contributed by atoms with Gasteiger partial charge in [0, 0.05) is 31.9 Å². The van der Waals surface area contributed by atoms with E-state index in [0.29, 0.717) is 30.9 Å². The molecule has 1 amide bonds. The third-order valence-corrected chi connectivity index (χ3v) is 4.06. The van der Waals surface area contributed by atoms with Crippen LogP contribution in [0.4, 0.5) is 0 Å². The number of carbonyl (C=O) groups excluding carboxylic acids is 1. The van der Waals surface area contributed by atoms with Crippen molar-refractivity contribution in [3.8, 4) is 5.75 Å². The van der Waals surface area contributed by atoms with E-state index in [1.165, 1.54) is 5.56 Å². The van der Waals surface area contributed by atoms with Gasteiger partial charge in [-0.25, -0.2) is 4.98 Å². The van der Waals surface area contributed by atoms with Crippen LogP contribution in [0, 0.1) is 0 Å². The van der Waals surface area contributed by atoms with Crippen molar-refractivity contribution < 1.29 is 9.53 Å². The fourth-order valence-corrected chi connectivity index (χ4v) is 2.81. The largest absolute Gasteiger partial charge is 0.493 e. The zero-order valence-electron chi connectivity index (χ0n) is 14.9. The van der Waals surface area contributed by atoms with Crippen molar-refractivity contribution in [3.05, 3.63) is 83.9 Å². The van der Waals surface area contributed by atoms with Gasteiger partial charge in [-0.15, -0.1) is 0 Å². The number of hydrogen-bond acceptors (Lipinski definition) is 3. The molecule has 26 heavy (non-hydrogen) atoms. The number of imidazole rings is 1. The standard InChI is InChI=1S/C21H23N3O2/c1-2-26-19-11-7-6-10-18(19)21(25)23-13-12-20-22-14-15-24(20)16-17-8-4-3-5-9-17/h3-11,14-15H,2,12-13,16H2,1H3,(H,23,25). The van der Waals surface area contributed by atoms with E-state index in [2.05, 4.69) is 27.0 Å². The summed E-state index contributed by atoms with van der Waals surface area (Å²) in [6, 6.07) is 17.5. The molecule has 134 valence electrons. The van der Waals surface area contributed by atoms with Crippen molar-refractivity contribution in [2.24, 2.45) is 0 Å². The molecule has 0 saturated carbocycles. The maximum absolute atomic E-state index is 12.4. The van der Waals surface area contributed by atoms with Gasteiger partial charge in [-0.05, 0) is 24.6 Å². The quantitative estimate of drug-likeness (QED) is 0.679. The number of amides is 1. The van der Waals surface area contributed by atoms with E-state index < -0.39 is 0 Å². The lowest BCUT2D eigenvalue weighted by molar-refractivity contribution is 0.0950. The summed E-state index contributed by atoms with van der Waals surface area (Å²) in [5.74, 6) is 1.43. The third kappa shape index (κ3) is 4.51. The molecule has 3 rings (SSSR count). The number of nitrogens with one attached hydrogen (secondary N) is 1. The van der Waals surface area contributed by atoms with Crippen molar-refractivity contribution in [2.45, 2.75) is 19.9 Å². The molecule has 3 aromatic rings. The highest BCUT2D eigenvalue weighted by atomic mass is 16.5. The molecule has 5 nitrogen and oxygen atoms in total. The normalized spacial score (nSPS) is 10.5. The Balaban J connectivity index is 1.57. The number of carbonyl (C=O) groups is 1. The van der Waals surface area contributed by atoms with Crippen LogP contribution < -0.4 is 10.1 Å². The molecule has 0 aliphatic rings. The fraction of sp³-hybridized carbons (Fsp3) is 0.238. The van der Waals surface area contributed by atoms with E-state index in [-0.39, 0.29) is 5.91 Å². The summed E-state index contributed by atoms with van der Waals surface area (Å²) in [4.78, 5) is 16.8. The Labute approximate surface area is 153 Å². The monoisotopic (exact) mass is 349 g/mol. The molecule has 0 unspecified atom stereocenters. The molecule has 0 spiro atoms. The van der Waals surface area contributed by atoms with Crippen LogP contribution in [0.2, 0.25) is 0 Å². The molecule has 0 radical (unpaired) electrons. The Morgan fingerprint density at radius 1 is 1.12 bits per heavy atom. The highest BCUT2D eigenvalue weighted by molar-refractivity contribution is 5.96. The minimum absolute atomic E-state index is 0.129. The van der Waals surface area contributed by atoms with E-state index in [4.69, 9.17) is 4.74 Å². The average Bonchev–Trinajstić information content (AvgIpc) is 3.10. The lowest BCUT2D eigenvalue weighted by atomic mass is 10.2. The second-order valence-electron chi connectivity index (χ2n) is 5.89. The van der Waals surface area contributed by atoms with Crippen LogP contribution in [-0.4, -0.2) is 28.6 Å². The number of hydrogen-bond donors (Lipinski definition) is 1. The first-order chi connectivity index (χ1) is 12.8. The first-order valence-electron chi connectivity index (χ1n) is 8.82. The van der Waals surface area contributed by atoms with E-state index in [1.807, 2.05) is 49.5 Å². The molecular formula is C21H23N3O2. The molecule has 5 heteroatoms. The van der Waals surface area contributed by atoms with E-state index in [0.717, 1.165) is 12.4 Å². The van der Waals surface area contributed by atoms with Gasteiger partial charge in [-0.1, -0.05) is 42.5 Å². The van der Waals surface area contributed by atoms with Gasteiger partial charge >= 0.3 is 0 Å². The zero-order valence-corrected chi connectivity index (χ0v) is 14.9. The maximum Gasteiger partial charge on any atom is 0.255 e. The Kier molecular flexibility index (Phi) is 6.04. The van der Waals surface area contributed by atoms with Crippen LogP contribution in [0.25, 0.3) is 0 Å². The molecule has 0 aliphatic heterocycles. The first-order valence-corrected chi connectivity index (χ1v) is 8.82. The lowest BCUT2D eigenvalue weighted by Crippen LogP contribution is -2.27. The van der Waals surface area contributed by atoms with E-state index in [1.54, 1.807) is 12.3 Å². The molecule has 1 N–H and O–H groups in total. The van der Waals surface area contributed by atoms with Crippen molar-refractivity contribution in [1.82, 2.24) is 14.9 Å². The van der Waals surface area contributed by atoms with E-state index in [9.17, 15) is 4.79 Å². The number of benzene rings is 2. The number of ether oxygens (including phenoxy) is 1. The predicted molar refractivity (Wildman–Crippen MR) is 101 cm³/mol. The molecule has 1 aromatic heterocycles. The van der Waals surface area contributed by atoms with Gasteiger partial charge in [0.25, 0.3) is 5.91 Å². The molecule has 0 saturated heterocycles. The predicted octanol–water partition coefficient (Wildman–Crippen LogP) is 3.30. The molecule has 1 heterocycles. The van der Waals surface area contributed by atoms with Crippen molar-refractivity contribution in [2.75, 3.05) is 13.2 Å². The van der Waals surface area contributed by atoms with Crippen molar-refractivity contribution in [3.63, 3.8) is 0 Å². The average molecular weight is 349 g/mol. The van der Waals surface area contributed by atoms with Gasteiger partial charge < -0.3 is 14.6 Å². The highest BCUT2D eigenvalue weighted by Gasteiger charge is 2.12. The summed E-state index contributed by atoms with van der Waals surface area (Å²) >= 11 is 0. The van der Waals surface area contributed by atoms with Gasteiger partial charge in [-0.2, -0.15) is 0 Å². The second kappa shape index (κ2) is 8.85. The lowest BCUT2D eigenvalue weighted by Gasteiger charge is -2.11. The SMILES string of the molecule is CCOc1ccccc1C(=O)NCCc1nccn1Cc1ccccc1. The summed E-state index contributed by atoms with van der Waals surface area (Å²) in [6.07, 6.45) is 4.43. The molecule has 0 atom stereocenters. The second-order valence-corrected chi connectivity index (χ2v) is 5.89. The van der Waals surface area contributed by atoms with Crippen molar-refractivity contribution >= 4 is 5.91 Å². The van der Waals surface area contributed by atoms with Crippen LogP contribution in [0.3, 0.4) is 0 Å². The minimum Gasteiger partial charge on any atom is -0.493 e. The van der Waals surface area contributed by atoms with E-state index >= 15 is 0 Å². The summed E-state index contributed by atoms with van der Waals surface area (Å²) in [5, 5.41) is 2.95. The molecule has 0 bridgehead atoms. The Bertz CT molecular complexity index is 843. The topological polar surface area (TPSA) is 56.1 Å². The minimum atomic E-state index is -0.129. The highest BCUT2D eigenvalue weighted by Crippen LogP contribution is 2.17. The van der Waals surface area contributed by atoms with Crippen LogP contribution in [0.1, 0.15) is 28.7 Å². The Morgan fingerprint density at radius 2 is 1.88 bits per heavy atom. The maximum atomic E-state index is 12.4. The summed E-state index contributed by atoms with van der Waals surface area (Å²) < 4.78 is 7.63. The Morgan fingerprint density at radius 3 is 2.69 bits per heavy atom. The summed E-state index contributed by atoms with van der Waals surface area (Å²) in [6.45, 7) is 3.73. The van der Waals surface area contributed by atoms with Crippen LogP contribution >= 0.6 is 0 Å². The van der Waals surface area contributed by atoms with Crippen molar-refractivity contribution in [1.29, 1.82) is 0 Å². The van der Waals surface area contributed by atoms with Gasteiger partial charge in [0.1, 0.15) is 11.6 Å². The molecular weight excluding hydrogens is 326 g/mol. The van der Waals surface area contributed by atoms with Gasteiger partial charge in [-0.3, -0.25) is 4.79 Å². The molecule has 0 aliphatic carbocycles. The van der Waals surface area contributed by atoms with Crippen LogP contribution in [0.5, 0.6) is 5.75 Å². The fourth-order valence-electron chi connectivity index (χ4n) is 2.81. The first kappa shape index (κ1) is 17.7. The zero-order chi connectivity index (χ0) is 18.2. The van der Waals surface area contributed by atoms with Crippen LogP contribution in [-0.2, 0) is 13.0 Å². The number of aromatic nitrogens is 2. The smallest absolute Gasteiger partial charge is 0.255 e. The number of nitrogens with zero attached hydrogens (tertiary/aromatic N) is 2. The van der Waals surface area contributed by atoms with Gasteiger partial charge in [0.05, 0.1) is 12.2 Å². The van der Waals surface area contributed by atoms with Gasteiger partial charge in [0.15, 0.2) is 0 Å². The third-order valence-electron chi connectivity index (χ3n) is 4.06. The number of rotatable bonds is 8. The molecule has 0 fully saturated rings. The van der Waals surface area contributed by atoms with Crippen LogP contribution in [0.15, 0.2) is 67.0 Å².